The number of ether oxygens (including phenoxy) is 1. The first kappa shape index (κ1) is 16.9. The molecule has 118 valence electrons. The van der Waals surface area contributed by atoms with Crippen molar-refractivity contribution in [2.75, 3.05) is 18.9 Å². The second-order valence-corrected chi connectivity index (χ2v) is 7.18. The fourth-order valence-electron chi connectivity index (χ4n) is 1.89. The van der Waals surface area contributed by atoms with E-state index >= 15 is 0 Å². The van der Waals surface area contributed by atoms with Crippen LogP contribution in [0.3, 0.4) is 0 Å². The van der Waals surface area contributed by atoms with Gasteiger partial charge in [-0.1, -0.05) is 18.2 Å². The largest absolute Gasteiger partial charge is 0.483 e. The Morgan fingerprint density at radius 2 is 2.18 bits per heavy atom. The molecule has 0 spiro atoms. The number of nitrogens with one attached hydrogen (secondary N) is 1. The van der Waals surface area contributed by atoms with Crippen LogP contribution in [0.4, 0.5) is 0 Å². The van der Waals surface area contributed by atoms with Crippen molar-refractivity contribution in [1.29, 1.82) is 0 Å². The van der Waals surface area contributed by atoms with Crippen molar-refractivity contribution in [3.63, 3.8) is 0 Å². The fraction of sp³-hybridized carbons (Fsp3) is 0.353. The molecule has 1 N–H and O–H groups in total. The maximum atomic E-state index is 11.8. The smallest absolute Gasteiger partial charge is 0.257 e. The van der Waals surface area contributed by atoms with Gasteiger partial charge in [0.25, 0.3) is 5.91 Å². The molecule has 0 unspecified atom stereocenters. The number of benzene rings is 1. The van der Waals surface area contributed by atoms with Crippen LogP contribution in [-0.4, -0.2) is 24.8 Å². The van der Waals surface area contributed by atoms with Crippen LogP contribution in [0.15, 0.2) is 35.7 Å². The molecule has 2 aromatic rings. The first-order valence-electron chi connectivity index (χ1n) is 7.22. The summed E-state index contributed by atoms with van der Waals surface area (Å²) in [5.41, 5.74) is 2.18. The highest BCUT2D eigenvalue weighted by Crippen LogP contribution is 2.19. The number of thioether (sulfide) groups is 1. The zero-order valence-corrected chi connectivity index (χ0v) is 14.6. The minimum Gasteiger partial charge on any atom is -0.483 e. The standard InChI is InChI=1S/C17H21NO2S2/c1-13-5-6-14(2)16(10-13)20-11-17(19)18-7-9-21-12-15-4-3-8-22-15/h3-6,8,10H,7,9,11-12H2,1-2H3,(H,18,19). The predicted octanol–water partition coefficient (Wildman–Crippen LogP) is 3.79. The Balaban J connectivity index is 1.60. The number of hydrogen-bond acceptors (Lipinski definition) is 4. The maximum Gasteiger partial charge on any atom is 0.257 e. The van der Waals surface area contributed by atoms with Gasteiger partial charge in [0.05, 0.1) is 0 Å². The van der Waals surface area contributed by atoms with E-state index in [1.165, 1.54) is 4.88 Å². The summed E-state index contributed by atoms with van der Waals surface area (Å²) in [5.74, 6) is 2.62. The van der Waals surface area contributed by atoms with E-state index in [2.05, 4.69) is 22.8 Å². The SMILES string of the molecule is Cc1ccc(C)c(OCC(=O)NCCSCc2cccs2)c1. The molecule has 0 radical (unpaired) electrons. The number of carbonyl (C=O) groups excluding carboxylic acids is 1. The second-order valence-electron chi connectivity index (χ2n) is 5.04. The third kappa shape index (κ3) is 5.73. The monoisotopic (exact) mass is 335 g/mol. The van der Waals surface area contributed by atoms with Gasteiger partial charge >= 0.3 is 0 Å². The Labute approximate surface area is 140 Å². The number of amides is 1. The van der Waals surface area contributed by atoms with Crippen LogP contribution in [0, 0.1) is 13.8 Å². The molecule has 0 aliphatic carbocycles. The van der Waals surface area contributed by atoms with Crippen molar-refractivity contribution in [1.82, 2.24) is 5.32 Å². The first-order valence-corrected chi connectivity index (χ1v) is 9.25. The van der Waals surface area contributed by atoms with Crippen molar-refractivity contribution < 1.29 is 9.53 Å². The maximum absolute atomic E-state index is 11.8. The first-order chi connectivity index (χ1) is 10.6. The second kappa shape index (κ2) is 8.86. The van der Waals surface area contributed by atoms with Crippen LogP contribution in [0.2, 0.25) is 0 Å². The summed E-state index contributed by atoms with van der Waals surface area (Å²) in [5, 5.41) is 4.97. The number of aryl methyl sites for hydroxylation is 2. The number of rotatable bonds is 8. The summed E-state index contributed by atoms with van der Waals surface area (Å²) < 4.78 is 5.58. The minimum absolute atomic E-state index is 0.0693. The van der Waals surface area contributed by atoms with E-state index in [9.17, 15) is 4.79 Å². The Hall–Kier alpha value is -1.46. The van der Waals surface area contributed by atoms with Crippen LogP contribution < -0.4 is 10.1 Å². The molecule has 5 heteroatoms. The predicted molar refractivity (Wildman–Crippen MR) is 94.9 cm³/mol. The Bertz CT molecular complexity index is 597. The van der Waals surface area contributed by atoms with E-state index in [1.807, 2.05) is 43.8 Å². The van der Waals surface area contributed by atoms with Crippen molar-refractivity contribution in [2.24, 2.45) is 0 Å². The molecule has 0 saturated heterocycles. The highest BCUT2D eigenvalue weighted by Gasteiger charge is 2.05. The molecular formula is C17H21NO2S2. The van der Waals surface area contributed by atoms with Gasteiger partial charge in [-0.2, -0.15) is 11.8 Å². The van der Waals surface area contributed by atoms with Gasteiger partial charge in [0.1, 0.15) is 5.75 Å². The lowest BCUT2D eigenvalue weighted by Gasteiger charge is -2.10. The third-order valence-corrected chi connectivity index (χ3v) is 5.16. The van der Waals surface area contributed by atoms with Gasteiger partial charge in [0.2, 0.25) is 0 Å². The van der Waals surface area contributed by atoms with Crippen LogP contribution in [0.25, 0.3) is 0 Å². The quantitative estimate of drug-likeness (QED) is 0.746. The Morgan fingerprint density at radius 3 is 2.95 bits per heavy atom. The number of carbonyl (C=O) groups is 1. The molecule has 0 aliphatic heterocycles. The van der Waals surface area contributed by atoms with Crippen molar-refractivity contribution >= 4 is 29.0 Å². The fourth-order valence-corrected chi connectivity index (χ4v) is 3.59. The average Bonchev–Trinajstić information content (AvgIpc) is 3.01. The molecule has 0 aliphatic rings. The Morgan fingerprint density at radius 1 is 1.32 bits per heavy atom. The molecule has 1 amide bonds. The van der Waals surface area contributed by atoms with Crippen molar-refractivity contribution in [3.8, 4) is 5.75 Å². The highest BCUT2D eigenvalue weighted by molar-refractivity contribution is 7.98. The van der Waals surface area contributed by atoms with Gasteiger partial charge in [-0.3, -0.25) is 4.79 Å². The molecule has 0 atom stereocenters. The van der Waals surface area contributed by atoms with Gasteiger partial charge in [-0.25, -0.2) is 0 Å². The van der Waals surface area contributed by atoms with Gasteiger partial charge in [0.15, 0.2) is 6.61 Å². The topological polar surface area (TPSA) is 38.3 Å². The van der Waals surface area contributed by atoms with E-state index in [1.54, 1.807) is 11.3 Å². The van der Waals surface area contributed by atoms with Crippen molar-refractivity contribution in [3.05, 3.63) is 51.7 Å². The van der Waals surface area contributed by atoms with E-state index in [-0.39, 0.29) is 12.5 Å². The van der Waals surface area contributed by atoms with E-state index in [0.717, 1.165) is 28.4 Å². The van der Waals surface area contributed by atoms with Gasteiger partial charge < -0.3 is 10.1 Å². The molecule has 0 fully saturated rings. The normalized spacial score (nSPS) is 10.5. The van der Waals surface area contributed by atoms with E-state index < -0.39 is 0 Å². The zero-order chi connectivity index (χ0) is 15.8. The lowest BCUT2D eigenvalue weighted by molar-refractivity contribution is -0.122. The van der Waals surface area contributed by atoms with Gasteiger partial charge in [-0.05, 0) is 42.5 Å². The van der Waals surface area contributed by atoms with Gasteiger partial charge in [0, 0.05) is 22.9 Å². The van der Waals surface area contributed by atoms with E-state index in [4.69, 9.17) is 4.74 Å². The molecule has 1 aromatic carbocycles. The summed E-state index contributed by atoms with van der Waals surface area (Å²) in [6.07, 6.45) is 0. The average molecular weight is 335 g/mol. The summed E-state index contributed by atoms with van der Waals surface area (Å²) in [6.45, 7) is 4.73. The van der Waals surface area contributed by atoms with Crippen LogP contribution in [-0.2, 0) is 10.5 Å². The van der Waals surface area contributed by atoms with Gasteiger partial charge in [-0.15, -0.1) is 11.3 Å². The van der Waals surface area contributed by atoms with Crippen LogP contribution >= 0.6 is 23.1 Å². The summed E-state index contributed by atoms with van der Waals surface area (Å²) in [7, 11) is 0. The molecule has 1 aromatic heterocycles. The third-order valence-electron chi connectivity index (χ3n) is 3.10. The number of thiophene rings is 1. The summed E-state index contributed by atoms with van der Waals surface area (Å²) >= 11 is 3.59. The molecule has 3 nitrogen and oxygen atoms in total. The zero-order valence-electron chi connectivity index (χ0n) is 12.9. The molecule has 0 bridgehead atoms. The van der Waals surface area contributed by atoms with Crippen LogP contribution in [0.5, 0.6) is 5.75 Å². The lowest BCUT2D eigenvalue weighted by Crippen LogP contribution is -2.30. The summed E-state index contributed by atoms with van der Waals surface area (Å²) in [4.78, 5) is 13.1. The molecule has 22 heavy (non-hydrogen) atoms. The molecular weight excluding hydrogens is 314 g/mol. The minimum atomic E-state index is -0.0716. The molecule has 2 rings (SSSR count). The molecule has 1 heterocycles. The number of hydrogen-bond donors (Lipinski definition) is 1. The molecule has 0 saturated carbocycles. The summed E-state index contributed by atoms with van der Waals surface area (Å²) in [6, 6.07) is 10.2. The lowest BCUT2D eigenvalue weighted by atomic mass is 10.1. The van der Waals surface area contributed by atoms with Crippen molar-refractivity contribution in [2.45, 2.75) is 19.6 Å². The Kier molecular flexibility index (Phi) is 6.80. The highest BCUT2D eigenvalue weighted by atomic mass is 32.2. The van der Waals surface area contributed by atoms with E-state index in [0.29, 0.717) is 6.54 Å². The van der Waals surface area contributed by atoms with Crippen LogP contribution in [0.1, 0.15) is 16.0 Å².